The van der Waals surface area contributed by atoms with Gasteiger partial charge in [0.1, 0.15) is 5.82 Å². The molecule has 0 saturated carbocycles. The predicted molar refractivity (Wildman–Crippen MR) is 86.4 cm³/mol. The van der Waals surface area contributed by atoms with Gasteiger partial charge >= 0.3 is 5.69 Å². The van der Waals surface area contributed by atoms with Crippen LogP contribution in [-0.4, -0.2) is 15.8 Å². The van der Waals surface area contributed by atoms with Gasteiger partial charge in [-0.1, -0.05) is 15.9 Å². The zero-order valence-electron chi connectivity index (χ0n) is 11.2. The lowest BCUT2D eigenvalue weighted by molar-refractivity contribution is 0.104. The minimum Gasteiger partial charge on any atom is -0.306 e. The van der Waals surface area contributed by atoms with Crippen LogP contribution in [0.1, 0.15) is 15.9 Å². The quantitative estimate of drug-likeness (QED) is 0.552. The van der Waals surface area contributed by atoms with Crippen LogP contribution < -0.4 is 5.69 Å². The molecule has 0 unspecified atom stereocenters. The maximum atomic E-state index is 13.6. The maximum Gasteiger partial charge on any atom is 0.323 e. The van der Waals surface area contributed by atoms with Crippen LogP contribution in [0.25, 0.3) is 17.1 Å². The van der Waals surface area contributed by atoms with Crippen LogP contribution in [-0.2, 0) is 0 Å². The number of aromatic amines is 2. The van der Waals surface area contributed by atoms with Gasteiger partial charge in [0.15, 0.2) is 5.78 Å². The molecule has 0 saturated heterocycles. The molecule has 0 radical (unpaired) electrons. The number of nitrogens with one attached hydrogen (secondary N) is 2. The van der Waals surface area contributed by atoms with Gasteiger partial charge in [-0.25, -0.2) is 9.18 Å². The monoisotopic (exact) mass is 360 g/mol. The van der Waals surface area contributed by atoms with Crippen LogP contribution in [0.4, 0.5) is 4.39 Å². The number of halogens is 2. The van der Waals surface area contributed by atoms with Crippen LogP contribution in [0.15, 0.2) is 51.7 Å². The lowest BCUT2D eigenvalue weighted by atomic mass is 10.1. The maximum absolute atomic E-state index is 13.6. The standard InChI is InChI=1S/C16H10BrFN2O2/c17-11-3-4-12(18)9(7-11)2-6-15(21)10-1-5-13-14(8-10)20-16(22)19-13/h1-8H,(H2,19,20,22). The van der Waals surface area contributed by atoms with E-state index in [0.29, 0.717) is 22.2 Å². The first-order valence-electron chi connectivity index (χ1n) is 6.42. The summed E-state index contributed by atoms with van der Waals surface area (Å²) >= 11 is 3.26. The Morgan fingerprint density at radius 2 is 1.86 bits per heavy atom. The van der Waals surface area contributed by atoms with E-state index in [4.69, 9.17) is 0 Å². The average molecular weight is 361 g/mol. The Balaban J connectivity index is 1.90. The number of carbonyl (C=O) groups excluding carboxylic acids is 1. The van der Waals surface area contributed by atoms with E-state index in [9.17, 15) is 14.0 Å². The summed E-state index contributed by atoms with van der Waals surface area (Å²) < 4.78 is 14.3. The van der Waals surface area contributed by atoms with Gasteiger partial charge in [-0.2, -0.15) is 0 Å². The highest BCUT2D eigenvalue weighted by Gasteiger charge is 2.06. The molecule has 0 aliphatic rings. The van der Waals surface area contributed by atoms with Crippen molar-refractivity contribution in [2.24, 2.45) is 0 Å². The second-order valence-corrected chi connectivity index (χ2v) is 5.62. The minimum atomic E-state index is -0.405. The van der Waals surface area contributed by atoms with E-state index in [-0.39, 0.29) is 11.5 Å². The number of rotatable bonds is 3. The molecule has 2 N–H and O–H groups in total. The second-order valence-electron chi connectivity index (χ2n) is 4.70. The number of ketones is 1. The number of imidazole rings is 1. The molecule has 6 heteroatoms. The van der Waals surface area contributed by atoms with Crippen LogP contribution in [0, 0.1) is 5.82 Å². The average Bonchev–Trinajstić information content (AvgIpc) is 2.86. The first kappa shape index (κ1) is 14.5. The number of hydrogen-bond acceptors (Lipinski definition) is 2. The minimum absolute atomic E-state index is 0.275. The molecule has 0 aliphatic carbocycles. The Bertz CT molecular complexity index is 956. The van der Waals surface area contributed by atoms with Gasteiger partial charge in [0.05, 0.1) is 11.0 Å². The highest BCUT2D eigenvalue weighted by Crippen LogP contribution is 2.17. The summed E-state index contributed by atoms with van der Waals surface area (Å²) in [6.45, 7) is 0. The zero-order valence-corrected chi connectivity index (χ0v) is 12.8. The van der Waals surface area contributed by atoms with Crippen LogP contribution in [0.5, 0.6) is 0 Å². The van der Waals surface area contributed by atoms with Crippen molar-refractivity contribution in [3.8, 4) is 0 Å². The van der Waals surface area contributed by atoms with E-state index in [1.165, 1.54) is 18.2 Å². The third kappa shape index (κ3) is 2.92. The summed E-state index contributed by atoms with van der Waals surface area (Å²) in [5.41, 5.74) is 1.58. The normalized spacial score (nSPS) is 11.4. The fourth-order valence-electron chi connectivity index (χ4n) is 2.09. The molecule has 0 bridgehead atoms. The van der Waals surface area contributed by atoms with Crippen LogP contribution in [0.2, 0.25) is 0 Å². The third-order valence-electron chi connectivity index (χ3n) is 3.17. The van der Waals surface area contributed by atoms with Crippen LogP contribution in [0.3, 0.4) is 0 Å². The smallest absolute Gasteiger partial charge is 0.306 e. The molecule has 110 valence electrons. The van der Waals surface area contributed by atoms with Gasteiger partial charge in [-0.05, 0) is 48.6 Å². The summed E-state index contributed by atoms with van der Waals surface area (Å²) in [4.78, 5) is 28.5. The summed E-state index contributed by atoms with van der Waals surface area (Å²) in [7, 11) is 0. The number of benzene rings is 2. The number of fused-ring (bicyclic) bond motifs is 1. The molecule has 3 aromatic rings. The summed E-state index contributed by atoms with van der Waals surface area (Å²) in [6, 6.07) is 9.34. The molecular formula is C16H10BrFN2O2. The molecule has 3 rings (SSSR count). The van der Waals surface area contributed by atoms with Gasteiger partial charge in [-0.15, -0.1) is 0 Å². The first-order chi connectivity index (χ1) is 10.5. The molecule has 0 amide bonds. The molecule has 1 aromatic heterocycles. The largest absolute Gasteiger partial charge is 0.323 e. The SMILES string of the molecule is O=C(C=Cc1cc(Br)ccc1F)c1ccc2[nH]c(=O)[nH]c2c1. The van der Waals surface area contributed by atoms with Gasteiger partial charge in [0.25, 0.3) is 0 Å². The van der Waals surface area contributed by atoms with Crippen molar-refractivity contribution in [3.63, 3.8) is 0 Å². The van der Waals surface area contributed by atoms with Crippen molar-refractivity contribution >= 4 is 38.8 Å². The van der Waals surface area contributed by atoms with E-state index < -0.39 is 5.82 Å². The van der Waals surface area contributed by atoms with E-state index in [2.05, 4.69) is 25.9 Å². The fraction of sp³-hybridized carbons (Fsp3) is 0. The van der Waals surface area contributed by atoms with Crippen molar-refractivity contribution in [1.82, 2.24) is 9.97 Å². The van der Waals surface area contributed by atoms with Gasteiger partial charge in [0, 0.05) is 15.6 Å². The first-order valence-corrected chi connectivity index (χ1v) is 7.22. The lowest BCUT2D eigenvalue weighted by Crippen LogP contribution is -1.99. The summed E-state index contributed by atoms with van der Waals surface area (Å²) in [6.07, 6.45) is 2.73. The number of carbonyl (C=O) groups is 1. The summed E-state index contributed by atoms with van der Waals surface area (Å²) in [5, 5.41) is 0. The molecule has 2 aromatic carbocycles. The Hall–Kier alpha value is -2.47. The van der Waals surface area contributed by atoms with Crippen molar-refractivity contribution in [3.05, 3.63) is 74.4 Å². The van der Waals surface area contributed by atoms with E-state index >= 15 is 0 Å². The summed E-state index contributed by atoms with van der Waals surface area (Å²) in [5.74, 6) is -0.680. The van der Waals surface area contributed by atoms with E-state index in [1.807, 2.05) is 0 Å². The molecule has 4 nitrogen and oxygen atoms in total. The van der Waals surface area contributed by atoms with Crippen molar-refractivity contribution in [2.75, 3.05) is 0 Å². The van der Waals surface area contributed by atoms with E-state index in [0.717, 1.165) is 4.47 Å². The van der Waals surface area contributed by atoms with Gasteiger partial charge in [-0.3, -0.25) is 4.79 Å². The number of hydrogen-bond donors (Lipinski definition) is 2. The predicted octanol–water partition coefficient (Wildman–Crippen LogP) is 3.65. The van der Waals surface area contributed by atoms with Crippen molar-refractivity contribution in [1.29, 1.82) is 0 Å². The molecule has 22 heavy (non-hydrogen) atoms. The van der Waals surface area contributed by atoms with Gasteiger partial charge < -0.3 is 9.97 Å². The Morgan fingerprint density at radius 3 is 2.68 bits per heavy atom. The molecule has 0 spiro atoms. The fourth-order valence-corrected chi connectivity index (χ4v) is 2.47. The second kappa shape index (κ2) is 5.73. The van der Waals surface area contributed by atoms with Gasteiger partial charge in [0.2, 0.25) is 0 Å². The molecule has 1 heterocycles. The molecule has 0 fully saturated rings. The number of aromatic nitrogens is 2. The Kier molecular flexibility index (Phi) is 3.77. The topological polar surface area (TPSA) is 65.7 Å². The Morgan fingerprint density at radius 1 is 1.09 bits per heavy atom. The number of allylic oxidation sites excluding steroid dienone is 1. The van der Waals surface area contributed by atoms with Crippen LogP contribution >= 0.6 is 15.9 Å². The lowest BCUT2D eigenvalue weighted by Gasteiger charge is -1.99. The number of H-pyrrole nitrogens is 2. The van der Waals surface area contributed by atoms with E-state index in [1.54, 1.807) is 30.3 Å². The highest BCUT2D eigenvalue weighted by atomic mass is 79.9. The van der Waals surface area contributed by atoms with Crippen molar-refractivity contribution < 1.29 is 9.18 Å². The zero-order chi connectivity index (χ0) is 15.7. The van der Waals surface area contributed by atoms with Crippen molar-refractivity contribution in [2.45, 2.75) is 0 Å². The molecule has 0 atom stereocenters. The Labute approximate surface area is 132 Å². The molecular weight excluding hydrogens is 351 g/mol. The highest BCUT2D eigenvalue weighted by molar-refractivity contribution is 9.10. The third-order valence-corrected chi connectivity index (χ3v) is 3.67. The molecule has 0 aliphatic heterocycles.